The van der Waals surface area contributed by atoms with E-state index in [-0.39, 0.29) is 5.97 Å². The minimum absolute atomic E-state index is 0.346. The lowest BCUT2D eigenvalue weighted by Gasteiger charge is -2.22. The van der Waals surface area contributed by atoms with Crippen molar-refractivity contribution in [1.82, 2.24) is 0 Å². The Bertz CT molecular complexity index is 636. The van der Waals surface area contributed by atoms with Crippen LogP contribution in [0.5, 0.6) is 5.75 Å². The van der Waals surface area contributed by atoms with Gasteiger partial charge in [0.05, 0.1) is 6.61 Å². The Kier molecular flexibility index (Phi) is 6.38. The molecule has 0 aliphatic rings. The minimum atomic E-state index is -0.960. The van der Waals surface area contributed by atoms with Crippen molar-refractivity contribution < 1.29 is 14.3 Å². The van der Waals surface area contributed by atoms with Gasteiger partial charge in [0.2, 0.25) is 0 Å². The molecule has 0 spiro atoms. The number of carbonyl (C=O) groups is 1. The Labute approximate surface area is 143 Å². The van der Waals surface area contributed by atoms with Crippen LogP contribution < -0.4 is 10.5 Å². The van der Waals surface area contributed by atoms with Gasteiger partial charge >= 0.3 is 5.97 Å². The zero-order valence-electron chi connectivity index (χ0n) is 14.3. The summed E-state index contributed by atoms with van der Waals surface area (Å²) in [6, 6.07) is 17.9. The molecule has 2 rings (SSSR count). The van der Waals surface area contributed by atoms with Gasteiger partial charge in [-0.15, -0.1) is 0 Å². The predicted molar refractivity (Wildman–Crippen MR) is 94.8 cm³/mol. The molecule has 2 aromatic carbocycles. The first-order chi connectivity index (χ1) is 11.5. The minimum Gasteiger partial charge on any atom is -0.489 e. The summed E-state index contributed by atoms with van der Waals surface area (Å²) in [5.41, 5.74) is 7.33. The van der Waals surface area contributed by atoms with E-state index in [0.717, 1.165) is 16.9 Å². The van der Waals surface area contributed by atoms with Crippen LogP contribution in [0, 0.1) is 0 Å². The molecule has 4 heteroatoms. The maximum Gasteiger partial charge on any atom is 0.325 e. The maximum atomic E-state index is 11.8. The predicted octanol–water partition coefficient (Wildman–Crippen LogP) is 3.48. The van der Waals surface area contributed by atoms with Crippen molar-refractivity contribution in [3.63, 3.8) is 0 Å². The number of esters is 1. The number of aryl methyl sites for hydroxylation is 1. The molecule has 0 bridgehead atoms. The summed E-state index contributed by atoms with van der Waals surface area (Å²) < 4.78 is 10.8. The molecule has 4 nitrogen and oxygen atoms in total. The highest BCUT2D eigenvalue weighted by Crippen LogP contribution is 2.18. The average molecular weight is 327 g/mol. The van der Waals surface area contributed by atoms with Crippen molar-refractivity contribution >= 4 is 5.97 Å². The van der Waals surface area contributed by atoms with Crippen LogP contribution in [-0.2, 0) is 22.6 Å². The summed E-state index contributed by atoms with van der Waals surface area (Å²) >= 11 is 0. The van der Waals surface area contributed by atoms with Gasteiger partial charge in [-0.3, -0.25) is 4.79 Å². The molecule has 0 aliphatic carbocycles. The van der Waals surface area contributed by atoms with E-state index >= 15 is 0 Å². The largest absolute Gasteiger partial charge is 0.489 e. The number of rotatable bonds is 8. The molecule has 128 valence electrons. The number of hydrogen-bond acceptors (Lipinski definition) is 4. The summed E-state index contributed by atoms with van der Waals surface area (Å²) in [4.78, 5) is 11.8. The molecule has 0 unspecified atom stereocenters. The molecule has 0 saturated carbocycles. The lowest BCUT2D eigenvalue weighted by Crippen LogP contribution is -2.46. The zero-order chi connectivity index (χ0) is 17.4. The molecule has 0 radical (unpaired) electrons. The van der Waals surface area contributed by atoms with Gasteiger partial charge in [-0.25, -0.2) is 0 Å². The van der Waals surface area contributed by atoms with Gasteiger partial charge < -0.3 is 15.2 Å². The number of nitrogens with two attached hydrogens (primary N) is 1. The normalized spacial score (nSPS) is 13.1. The molecule has 1 atom stereocenters. The first-order valence-electron chi connectivity index (χ1n) is 8.23. The van der Waals surface area contributed by atoms with Crippen LogP contribution in [0.4, 0.5) is 0 Å². The van der Waals surface area contributed by atoms with Crippen LogP contribution in [0.15, 0.2) is 54.6 Å². The smallest absolute Gasteiger partial charge is 0.325 e. The van der Waals surface area contributed by atoms with E-state index < -0.39 is 5.54 Å². The highest BCUT2D eigenvalue weighted by molar-refractivity contribution is 5.79. The highest BCUT2D eigenvalue weighted by atomic mass is 16.5. The van der Waals surface area contributed by atoms with Crippen LogP contribution in [0.3, 0.4) is 0 Å². The second kappa shape index (κ2) is 8.50. The molecule has 0 aliphatic heterocycles. The van der Waals surface area contributed by atoms with Crippen molar-refractivity contribution in [2.45, 2.75) is 38.8 Å². The number of hydrogen-bond donors (Lipinski definition) is 1. The molecule has 24 heavy (non-hydrogen) atoms. The molecule has 2 N–H and O–H groups in total. The van der Waals surface area contributed by atoms with E-state index in [2.05, 4.69) is 0 Å². The van der Waals surface area contributed by atoms with Gasteiger partial charge in [-0.05, 0) is 49.9 Å². The Morgan fingerprint density at radius 3 is 2.33 bits per heavy atom. The van der Waals surface area contributed by atoms with Gasteiger partial charge in [-0.2, -0.15) is 0 Å². The van der Waals surface area contributed by atoms with Gasteiger partial charge in [0.15, 0.2) is 0 Å². The quantitative estimate of drug-likeness (QED) is 0.754. The lowest BCUT2D eigenvalue weighted by atomic mass is 9.94. The Morgan fingerprint density at radius 1 is 1.04 bits per heavy atom. The van der Waals surface area contributed by atoms with Gasteiger partial charge in [0.25, 0.3) is 0 Å². The fraction of sp³-hybridized carbons (Fsp3) is 0.350. The number of ether oxygens (including phenoxy) is 2. The monoisotopic (exact) mass is 327 g/mol. The first-order valence-corrected chi connectivity index (χ1v) is 8.23. The standard InChI is InChI=1S/C20H25NO3/c1-3-23-19(22)20(2,21)14-13-16-9-11-18(12-10-16)24-15-17-7-5-4-6-8-17/h4-12H,3,13-15,21H2,1-2H3/t20-/m1/s1. The topological polar surface area (TPSA) is 61.5 Å². The summed E-state index contributed by atoms with van der Waals surface area (Å²) in [5.74, 6) is 0.469. The van der Waals surface area contributed by atoms with Crippen LogP contribution in [0.2, 0.25) is 0 Å². The highest BCUT2D eigenvalue weighted by Gasteiger charge is 2.29. The van der Waals surface area contributed by atoms with E-state index in [1.165, 1.54) is 0 Å². The third-order valence-corrected chi connectivity index (χ3v) is 3.85. The zero-order valence-corrected chi connectivity index (χ0v) is 14.3. The van der Waals surface area contributed by atoms with Gasteiger partial charge in [-0.1, -0.05) is 42.5 Å². The van der Waals surface area contributed by atoms with E-state index in [1.807, 2.05) is 54.6 Å². The fourth-order valence-corrected chi connectivity index (χ4v) is 2.30. The Morgan fingerprint density at radius 2 is 1.71 bits per heavy atom. The fourth-order valence-electron chi connectivity index (χ4n) is 2.30. The second-order valence-corrected chi connectivity index (χ2v) is 6.06. The molecule has 0 heterocycles. The van der Waals surface area contributed by atoms with Crippen LogP contribution >= 0.6 is 0 Å². The van der Waals surface area contributed by atoms with Crippen LogP contribution in [0.1, 0.15) is 31.4 Å². The third-order valence-electron chi connectivity index (χ3n) is 3.85. The van der Waals surface area contributed by atoms with Crippen molar-refractivity contribution in [2.75, 3.05) is 6.61 Å². The lowest BCUT2D eigenvalue weighted by molar-refractivity contribution is -0.149. The Hall–Kier alpha value is -2.33. The number of carbonyl (C=O) groups excluding carboxylic acids is 1. The van der Waals surface area contributed by atoms with Gasteiger partial charge in [0.1, 0.15) is 17.9 Å². The maximum absolute atomic E-state index is 11.8. The molecule has 0 amide bonds. The summed E-state index contributed by atoms with van der Waals surface area (Å²) in [7, 11) is 0. The first kappa shape index (κ1) is 18.0. The third kappa shape index (κ3) is 5.39. The second-order valence-electron chi connectivity index (χ2n) is 6.06. The molecule has 0 aromatic heterocycles. The Balaban J connectivity index is 1.84. The molecule has 0 fully saturated rings. The van der Waals surface area contributed by atoms with E-state index in [0.29, 0.717) is 26.1 Å². The summed E-state index contributed by atoms with van der Waals surface area (Å²) in [6.45, 7) is 4.38. The van der Waals surface area contributed by atoms with Crippen molar-refractivity contribution in [1.29, 1.82) is 0 Å². The van der Waals surface area contributed by atoms with Crippen molar-refractivity contribution in [2.24, 2.45) is 5.73 Å². The van der Waals surface area contributed by atoms with Crippen molar-refractivity contribution in [3.8, 4) is 5.75 Å². The van der Waals surface area contributed by atoms with Gasteiger partial charge in [0, 0.05) is 0 Å². The van der Waals surface area contributed by atoms with E-state index in [1.54, 1.807) is 13.8 Å². The molecular weight excluding hydrogens is 302 g/mol. The van der Waals surface area contributed by atoms with E-state index in [9.17, 15) is 4.79 Å². The summed E-state index contributed by atoms with van der Waals surface area (Å²) in [5, 5.41) is 0. The van der Waals surface area contributed by atoms with Crippen LogP contribution in [-0.4, -0.2) is 18.1 Å². The van der Waals surface area contributed by atoms with Crippen LogP contribution in [0.25, 0.3) is 0 Å². The van der Waals surface area contributed by atoms with Crippen molar-refractivity contribution in [3.05, 3.63) is 65.7 Å². The summed E-state index contributed by atoms with van der Waals surface area (Å²) in [6.07, 6.45) is 1.25. The van der Waals surface area contributed by atoms with E-state index in [4.69, 9.17) is 15.2 Å². The molecular formula is C20H25NO3. The molecule has 0 saturated heterocycles. The average Bonchev–Trinajstić information content (AvgIpc) is 2.60. The number of benzene rings is 2. The molecule has 2 aromatic rings. The SMILES string of the molecule is CCOC(=O)[C@](C)(N)CCc1ccc(OCc2ccccc2)cc1.